The zero-order valence-corrected chi connectivity index (χ0v) is 16.2. The summed E-state index contributed by atoms with van der Waals surface area (Å²) < 4.78 is 0. The number of piperidine rings is 1. The Kier molecular flexibility index (Phi) is 5.74. The van der Waals surface area contributed by atoms with Gasteiger partial charge in [0.05, 0.1) is 6.04 Å². The second kappa shape index (κ2) is 8.41. The molecule has 1 aromatic carbocycles. The molecular formula is C22H26ClN3O. The number of carbonyl (C=O) groups is 1. The molecule has 2 fully saturated rings. The number of halogens is 1. The average molecular weight is 384 g/mol. The Morgan fingerprint density at radius 1 is 1.11 bits per heavy atom. The van der Waals surface area contributed by atoms with Crippen molar-refractivity contribution in [2.24, 2.45) is 11.8 Å². The number of aromatic nitrogens is 1. The van der Waals surface area contributed by atoms with Crippen LogP contribution in [0.3, 0.4) is 0 Å². The second-order valence-electron chi connectivity index (χ2n) is 7.80. The SMILES string of the molecule is O=C(NC(c1ccc(Cl)cc1)c1cccnc1)C1CCN(CC2CC2)CC1. The predicted molar refractivity (Wildman–Crippen MR) is 108 cm³/mol. The Morgan fingerprint density at radius 3 is 2.48 bits per heavy atom. The Hall–Kier alpha value is -1.91. The Morgan fingerprint density at radius 2 is 1.85 bits per heavy atom. The van der Waals surface area contributed by atoms with Crippen LogP contribution < -0.4 is 5.32 Å². The molecule has 1 atom stereocenters. The highest BCUT2D eigenvalue weighted by Crippen LogP contribution is 2.31. The molecule has 2 heterocycles. The summed E-state index contributed by atoms with van der Waals surface area (Å²) in [5, 5.41) is 3.96. The number of hydrogen-bond donors (Lipinski definition) is 1. The Balaban J connectivity index is 1.43. The lowest BCUT2D eigenvalue weighted by molar-refractivity contribution is -0.127. The van der Waals surface area contributed by atoms with Gasteiger partial charge in [-0.15, -0.1) is 0 Å². The van der Waals surface area contributed by atoms with Gasteiger partial charge in [0, 0.05) is 29.9 Å². The largest absolute Gasteiger partial charge is 0.345 e. The highest BCUT2D eigenvalue weighted by Gasteiger charge is 2.30. The van der Waals surface area contributed by atoms with Gasteiger partial charge >= 0.3 is 0 Å². The minimum atomic E-state index is -0.201. The van der Waals surface area contributed by atoms with Crippen molar-refractivity contribution in [3.63, 3.8) is 0 Å². The first-order chi connectivity index (χ1) is 13.2. The fourth-order valence-electron chi connectivity index (χ4n) is 3.86. The minimum absolute atomic E-state index is 0.0897. The molecule has 4 rings (SSSR count). The number of nitrogens with one attached hydrogen (secondary N) is 1. The van der Waals surface area contributed by atoms with Crippen LogP contribution in [0.2, 0.25) is 5.02 Å². The maximum atomic E-state index is 13.0. The number of likely N-dealkylation sites (tertiary alicyclic amines) is 1. The van der Waals surface area contributed by atoms with Crippen LogP contribution in [0.15, 0.2) is 48.8 Å². The molecule has 2 aliphatic rings. The quantitative estimate of drug-likeness (QED) is 0.818. The first kappa shape index (κ1) is 18.5. The molecule has 0 bridgehead atoms. The van der Waals surface area contributed by atoms with Crippen LogP contribution in [0.1, 0.15) is 42.9 Å². The van der Waals surface area contributed by atoms with E-state index < -0.39 is 0 Å². The average Bonchev–Trinajstić information content (AvgIpc) is 3.52. The number of benzene rings is 1. The normalized spacial score (nSPS) is 19.6. The molecule has 142 valence electrons. The fourth-order valence-corrected chi connectivity index (χ4v) is 3.99. The number of nitrogens with zero attached hydrogens (tertiary/aromatic N) is 2. The van der Waals surface area contributed by atoms with Crippen molar-refractivity contribution in [1.82, 2.24) is 15.2 Å². The maximum absolute atomic E-state index is 13.0. The van der Waals surface area contributed by atoms with Gasteiger partial charge in [-0.2, -0.15) is 0 Å². The van der Waals surface area contributed by atoms with Crippen molar-refractivity contribution in [2.75, 3.05) is 19.6 Å². The van der Waals surface area contributed by atoms with E-state index in [0.717, 1.165) is 43.0 Å². The van der Waals surface area contributed by atoms with Crippen LogP contribution in [0.25, 0.3) is 0 Å². The van der Waals surface area contributed by atoms with Crippen molar-refractivity contribution in [3.05, 3.63) is 64.9 Å². The number of amides is 1. The van der Waals surface area contributed by atoms with Gasteiger partial charge in [0.15, 0.2) is 0 Å². The summed E-state index contributed by atoms with van der Waals surface area (Å²) in [7, 11) is 0. The van der Waals surface area contributed by atoms with E-state index >= 15 is 0 Å². The lowest BCUT2D eigenvalue weighted by Gasteiger charge is -2.32. The standard InChI is InChI=1S/C22H26ClN3O/c23-20-7-5-17(6-8-20)21(19-2-1-11-24-14-19)25-22(27)18-9-12-26(13-10-18)15-16-3-4-16/h1-2,5-8,11,14,16,18,21H,3-4,9-10,12-13,15H2,(H,25,27). The molecular weight excluding hydrogens is 358 g/mol. The zero-order chi connectivity index (χ0) is 18.6. The molecule has 1 aliphatic carbocycles. The van der Waals surface area contributed by atoms with Crippen LogP contribution in [0, 0.1) is 11.8 Å². The minimum Gasteiger partial charge on any atom is -0.345 e. The molecule has 0 radical (unpaired) electrons. The molecule has 1 N–H and O–H groups in total. The maximum Gasteiger partial charge on any atom is 0.223 e. The third kappa shape index (κ3) is 4.88. The van der Waals surface area contributed by atoms with Gasteiger partial charge in [-0.1, -0.05) is 29.8 Å². The van der Waals surface area contributed by atoms with Crippen molar-refractivity contribution in [3.8, 4) is 0 Å². The summed E-state index contributed by atoms with van der Waals surface area (Å²) in [6.45, 7) is 3.29. The van der Waals surface area contributed by atoms with E-state index in [1.165, 1.54) is 19.4 Å². The highest BCUT2D eigenvalue weighted by atomic mass is 35.5. The predicted octanol–water partition coefficient (Wildman–Crippen LogP) is 4.06. The van der Waals surface area contributed by atoms with E-state index in [4.69, 9.17) is 11.6 Å². The van der Waals surface area contributed by atoms with E-state index in [1.54, 1.807) is 6.20 Å². The van der Waals surface area contributed by atoms with Gasteiger partial charge in [0.1, 0.15) is 0 Å². The molecule has 5 heteroatoms. The van der Waals surface area contributed by atoms with Gasteiger partial charge in [-0.05, 0) is 74.0 Å². The van der Waals surface area contributed by atoms with Gasteiger partial charge in [0.25, 0.3) is 0 Å². The number of hydrogen-bond acceptors (Lipinski definition) is 3. The Labute approximate surface area is 165 Å². The van der Waals surface area contributed by atoms with Gasteiger partial charge in [0.2, 0.25) is 5.91 Å². The van der Waals surface area contributed by atoms with Gasteiger partial charge in [-0.25, -0.2) is 0 Å². The molecule has 27 heavy (non-hydrogen) atoms. The summed E-state index contributed by atoms with van der Waals surface area (Å²) >= 11 is 6.04. The van der Waals surface area contributed by atoms with Crippen LogP contribution in [0.4, 0.5) is 0 Å². The van der Waals surface area contributed by atoms with Crippen molar-refractivity contribution in [2.45, 2.75) is 31.7 Å². The van der Waals surface area contributed by atoms with Crippen molar-refractivity contribution < 1.29 is 4.79 Å². The van der Waals surface area contributed by atoms with Crippen LogP contribution in [-0.4, -0.2) is 35.4 Å². The molecule has 1 aromatic heterocycles. The topological polar surface area (TPSA) is 45.2 Å². The highest BCUT2D eigenvalue weighted by molar-refractivity contribution is 6.30. The first-order valence-electron chi connectivity index (χ1n) is 9.87. The van der Waals surface area contributed by atoms with Crippen LogP contribution in [-0.2, 0) is 4.79 Å². The third-order valence-corrected chi connectivity index (χ3v) is 5.93. The fraction of sp³-hybridized carbons (Fsp3) is 0.455. The van der Waals surface area contributed by atoms with E-state index in [0.29, 0.717) is 5.02 Å². The molecule has 1 saturated heterocycles. The van der Waals surface area contributed by atoms with Crippen molar-refractivity contribution >= 4 is 17.5 Å². The third-order valence-electron chi connectivity index (χ3n) is 5.68. The van der Waals surface area contributed by atoms with Gasteiger partial charge < -0.3 is 10.2 Å². The lowest BCUT2D eigenvalue weighted by Crippen LogP contribution is -2.42. The van der Waals surface area contributed by atoms with E-state index in [1.807, 2.05) is 42.6 Å². The molecule has 1 aliphatic heterocycles. The molecule has 1 saturated carbocycles. The monoisotopic (exact) mass is 383 g/mol. The lowest BCUT2D eigenvalue weighted by atomic mass is 9.93. The van der Waals surface area contributed by atoms with Crippen LogP contribution in [0.5, 0.6) is 0 Å². The zero-order valence-electron chi connectivity index (χ0n) is 15.5. The van der Waals surface area contributed by atoms with E-state index in [9.17, 15) is 4.79 Å². The molecule has 1 unspecified atom stereocenters. The number of pyridine rings is 1. The molecule has 4 nitrogen and oxygen atoms in total. The van der Waals surface area contributed by atoms with E-state index in [-0.39, 0.29) is 17.9 Å². The number of rotatable bonds is 6. The van der Waals surface area contributed by atoms with Crippen molar-refractivity contribution in [1.29, 1.82) is 0 Å². The molecule has 1 amide bonds. The number of carbonyl (C=O) groups excluding carboxylic acids is 1. The Bertz CT molecular complexity index is 753. The van der Waals surface area contributed by atoms with E-state index in [2.05, 4.69) is 15.2 Å². The van der Waals surface area contributed by atoms with Crippen LogP contribution >= 0.6 is 11.6 Å². The summed E-state index contributed by atoms with van der Waals surface area (Å²) in [4.78, 5) is 19.7. The summed E-state index contributed by atoms with van der Waals surface area (Å²) in [5.41, 5.74) is 2.01. The summed E-state index contributed by atoms with van der Waals surface area (Å²) in [6, 6.07) is 11.4. The first-order valence-corrected chi connectivity index (χ1v) is 10.2. The summed E-state index contributed by atoms with van der Waals surface area (Å²) in [5.74, 6) is 1.15. The second-order valence-corrected chi connectivity index (χ2v) is 8.23. The summed E-state index contributed by atoms with van der Waals surface area (Å²) in [6.07, 6.45) is 8.22. The van der Waals surface area contributed by atoms with Gasteiger partial charge in [-0.3, -0.25) is 9.78 Å². The smallest absolute Gasteiger partial charge is 0.223 e. The molecule has 2 aromatic rings. The molecule has 0 spiro atoms.